The van der Waals surface area contributed by atoms with E-state index in [-0.39, 0.29) is 12.4 Å². The van der Waals surface area contributed by atoms with Crippen molar-refractivity contribution in [2.45, 2.75) is 51.5 Å². The highest BCUT2D eigenvalue weighted by Gasteiger charge is 2.59. The van der Waals surface area contributed by atoms with E-state index < -0.39 is 0 Å². The molecule has 2 saturated heterocycles. The van der Waals surface area contributed by atoms with Crippen LogP contribution in [0.4, 0.5) is 0 Å². The van der Waals surface area contributed by atoms with Gasteiger partial charge >= 0.3 is 0 Å². The Morgan fingerprint density at radius 3 is 2.58 bits per heavy atom. The van der Waals surface area contributed by atoms with Crippen LogP contribution < -0.4 is 5.32 Å². The predicted molar refractivity (Wildman–Crippen MR) is 99.4 cm³/mol. The number of aryl methyl sites for hydroxylation is 1. The van der Waals surface area contributed by atoms with Gasteiger partial charge in [0.2, 0.25) is 5.91 Å². The van der Waals surface area contributed by atoms with Crippen LogP contribution in [0.1, 0.15) is 55.7 Å². The van der Waals surface area contributed by atoms with E-state index in [1.54, 1.807) is 0 Å². The second kappa shape index (κ2) is 7.05. The van der Waals surface area contributed by atoms with Gasteiger partial charge in [0.15, 0.2) is 0 Å². The molecule has 1 aromatic carbocycles. The fourth-order valence-electron chi connectivity index (χ4n) is 4.70. The molecule has 2 atom stereocenters. The second-order valence-electron chi connectivity index (χ2n) is 7.82. The largest absolute Gasteiger partial charge is 0.335 e. The normalized spacial score (nSPS) is 28.3. The van der Waals surface area contributed by atoms with Gasteiger partial charge in [-0.3, -0.25) is 4.79 Å². The van der Waals surface area contributed by atoms with Crippen molar-refractivity contribution < 1.29 is 4.79 Å². The first-order chi connectivity index (χ1) is 11.2. The summed E-state index contributed by atoms with van der Waals surface area (Å²) in [5.74, 6) is 0.743. The van der Waals surface area contributed by atoms with E-state index >= 15 is 0 Å². The fraction of sp³-hybridized carbons (Fsp3) is 0.650. The molecule has 24 heavy (non-hydrogen) atoms. The quantitative estimate of drug-likeness (QED) is 0.880. The van der Waals surface area contributed by atoms with Gasteiger partial charge in [-0.1, -0.05) is 29.8 Å². The van der Waals surface area contributed by atoms with Gasteiger partial charge in [-0.15, -0.1) is 12.4 Å². The molecule has 1 spiro atoms. The average molecular weight is 349 g/mol. The Hall–Kier alpha value is -1.06. The zero-order valence-corrected chi connectivity index (χ0v) is 15.4. The molecule has 0 bridgehead atoms. The molecule has 2 unspecified atom stereocenters. The summed E-state index contributed by atoms with van der Waals surface area (Å²) in [5.41, 5.74) is 2.96. The lowest BCUT2D eigenvalue weighted by Crippen LogP contribution is -2.41. The smallest absolute Gasteiger partial charge is 0.226 e. The molecule has 0 radical (unpaired) electrons. The van der Waals surface area contributed by atoms with E-state index in [9.17, 15) is 4.79 Å². The number of hydrogen-bond donors (Lipinski definition) is 1. The highest BCUT2D eigenvalue weighted by Crippen LogP contribution is 2.59. The summed E-state index contributed by atoms with van der Waals surface area (Å²) in [6.45, 7) is 5.25. The van der Waals surface area contributed by atoms with Crippen LogP contribution in [0.5, 0.6) is 0 Å². The third-order valence-corrected chi connectivity index (χ3v) is 6.34. The number of likely N-dealkylation sites (tertiary alicyclic amines) is 1. The second-order valence-corrected chi connectivity index (χ2v) is 7.82. The number of benzene rings is 1. The summed E-state index contributed by atoms with van der Waals surface area (Å²) >= 11 is 0. The molecule has 4 heteroatoms. The van der Waals surface area contributed by atoms with Crippen LogP contribution in [0, 0.1) is 18.3 Å². The van der Waals surface area contributed by atoms with Crippen molar-refractivity contribution in [2.24, 2.45) is 11.3 Å². The monoisotopic (exact) mass is 348 g/mol. The van der Waals surface area contributed by atoms with E-state index in [2.05, 4.69) is 41.4 Å². The maximum atomic E-state index is 13.2. The lowest BCUT2D eigenvalue weighted by Gasteiger charge is -2.37. The number of rotatable bonds is 2. The fourth-order valence-corrected chi connectivity index (χ4v) is 4.70. The Kier molecular flexibility index (Phi) is 5.22. The SMILES string of the molecule is Cc1ccc(C2CCCCN2C(=O)C2CC23CCNCC3)cc1.Cl. The molecule has 132 valence electrons. The van der Waals surface area contributed by atoms with E-state index in [0.717, 1.165) is 38.9 Å². The average Bonchev–Trinajstić information content (AvgIpc) is 3.28. The topological polar surface area (TPSA) is 32.3 Å². The lowest BCUT2D eigenvalue weighted by atomic mass is 9.90. The minimum atomic E-state index is 0. The van der Waals surface area contributed by atoms with E-state index in [4.69, 9.17) is 0 Å². The van der Waals surface area contributed by atoms with E-state index in [0.29, 0.717) is 23.3 Å². The van der Waals surface area contributed by atoms with Crippen molar-refractivity contribution >= 4 is 18.3 Å². The number of halogens is 1. The Bertz CT molecular complexity index is 580. The van der Waals surface area contributed by atoms with Crippen LogP contribution in [-0.4, -0.2) is 30.4 Å². The zero-order chi connectivity index (χ0) is 15.9. The molecule has 4 rings (SSSR count). The summed E-state index contributed by atoms with van der Waals surface area (Å²) in [4.78, 5) is 15.4. The predicted octanol–water partition coefficient (Wildman–Crippen LogP) is 3.86. The van der Waals surface area contributed by atoms with Crippen LogP contribution in [-0.2, 0) is 4.79 Å². The number of piperidine rings is 2. The van der Waals surface area contributed by atoms with Crippen molar-refractivity contribution in [1.82, 2.24) is 10.2 Å². The molecule has 1 N–H and O–H groups in total. The Morgan fingerprint density at radius 1 is 1.17 bits per heavy atom. The van der Waals surface area contributed by atoms with Crippen molar-refractivity contribution in [2.75, 3.05) is 19.6 Å². The van der Waals surface area contributed by atoms with Crippen molar-refractivity contribution in [1.29, 1.82) is 0 Å². The van der Waals surface area contributed by atoms with Crippen LogP contribution in [0.15, 0.2) is 24.3 Å². The summed E-state index contributed by atoms with van der Waals surface area (Å²) in [6.07, 6.45) is 7.02. The summed E-state index contributed by atoms with van der Waals surface area (Å²) in [7, 11) is 0. The zero-order valence-electron chi connectivity index (χ0n) is 14.6. The number of hydrogen-bond acceptors (Lipinski definition) is 2. The highest BCUT2D eigenvalue weighted by atomic mass is 35.5. The molecule has 1 amide bonds. The van der Waals surface area contributed by atoms with Crippen LogP contribution >= 0.6 is 12.4 Å². The molecule has 1 aromatic rings. The first kappa shape index (κ1) is 17.8. The Balaban J connectivity index is 0.00000169. The maximum Gasteiger partial charge on any atom is 0.226 e. The first-order valence-electron chi connectivity index (χ1n) is 9.27. The molecule has 3 nitrogen and oxygen atoms in total. The van der Waals surface area contributed by atoms with Gasteiger partial charge in [-0.2, -0.15) is 0 Å². The summed E-state index contributed by atoms with van der Waals surface area (Å²) in [6, 6.07) is 9.10. The molecule has 2 aliphatic heterocycles. The molecule has 3 aliphatic rings. The molecule has 1 saturated carbocycles. The maximum absolute atomic E-state index is 13.2. The van der Waals surface area contributed by atoms with E-state index in [1.807, 2.05) is 0 Å². The van der Waals surface area contributed by atoms with E-state index in [1.165, 1.54) is 30.4 Å². The summed E-state index contributed by atoms with van der Waals surface area (Å²) in [5, 5.41) is 3.43. The number of nitrogens with zero attached hydrogens (tertiary/aromatic N) is 1. The van der Waals surface area contributed by atoms with Gasteiger partial charge in [0.25, 0.3) is 0 Å². The number of amides is 1. The molecule has 1 aliphatic carbocycles. The standard InChI is InChI=1S/C20H28N2O.ClH/c1-15-5-7-16(8-6-15)18-4-2-3-13-22(18)19(23)17-14-20(17)9-11-21-12-10-20;/h5-8,17-18,21H,2-4,9-14H2,1H3;1H. The summed E-state index contributed by atoms with van der Waals surface area (Å²) < 4.78 is 0. The molecular weight excluding hydrogens is 320 g/mol. The Morgan fingerprint density at radius 2 is 1.88 bits per heavy atom. The third-order valence-electron chi connectivity index (χ3n) is 6.34. The van der Waals surface area contributed by atoms with Crippen LogP contribution in [0.25, 0.3) is 0 Å². The minimum Gasteiger partial charge on any atom is -0.335 e. The molecule has 2 heterocycles. The van der Waals surface area contributed by atoms with Gasteiger partial charge in [0.05, 0.1) is 6.04 Å². The Labute approximate surface area is 151 Å². The van der Waals surface area contributed by atoms with Gasteiger partial charge in [0.1, 0.15) is 0 Å². The van der Waals surface area contributed by atoms with Gasteiger partial charge < -0.3 is 10.2 Å². The number of carbonyl (C=O) groups is 1. The third kappa shape index (κ3) is 3.21. The first-order valence-corrected chi connectivity index (χ1v) is 9.27. The van der Waals surface area contributed by atoms with Gasteiger partial charge in [-0.05, 0) is 69.5 Å². The molecular formula is C20H29ClN2O. The number of carbonyl (C=O) groups excluding carboxylic acids is 1. The van der Waals surface area contributed by atoms with Crippen molar-refractivity contribution in [3.05, 3.63) is 35.4 Å². The number of nitrogens with one attached hydrogen (secondary N) is 1. The molecule has 0 aromatic heterocycles. The van der Waals surface area contributed by atoms with Crippen LogP contribution in [0.2, 0.25) is 0 Å². The van der Waals surface area contributed by atoms with Crippen molar-refractivity contribution in [3.63, 3.8) is 0 Å². The van der Waals surface area contributed by atoms with Crippen molar-refractivity contribution in [3.8, 4) is 0 Å². The molecule has 3 fully saturated rings. The van der Waals surface area contributed by atoms with Crippen LogP contribution in [0.3, 0.4) is 0 Å². The van der Waals surface area contributed by atoms with Gasteiger partial charge in [0, 0.05) is 12.5 Å². The highest BCUT2D eigenvalue weighted by molar-refractivity contribution is 5.85. The van der Waals surface area contributed by atoms with Gasteiger partial charge in [-0.25, -0.2) is 0 Å². The minimum absolute atomic E-state index is 0. The lowest BCUT2D eigenvalue weighted by molar-refractivity contribution is -0.137.